The number of Topliss-reactive ketones (excluding diaryl/α,β-unsaturated/α-hetero) is 1. The lowest BCUT2D eigenvalue weighted by Gasteiger charge is -2.20. The van der Waals surface area contributed by atoms with E-state index in [0.29, 0.717) is 12.3 Å². The Morgan fingerprint density at radius 1 is 1.33 bits per heavy atom. The number of likely N-dealkylation sites (tertiary alicyclic amines) is 1. The Hall–Kier alpha value is -0.410. The molecule has 0 unspecified atom stereocenters. The van der Waals surface area contributed by atoms with E-state index in [0.717, 1.165) is 25.9 Å². The first-order chi connectivity index (χ1) is 7.22. The van der Waals surface area contributed by atoms with Gasteiger partial charge in [0.25, 0.3) is 0 Å². The quantitative estimate of drug-likeness (QED) is 0.637. The molecule has 15 heavy (non-hydrogen) atoms. The topological polar surface area (TPSA) is 23.6 Å². The zero-order valence-corrected chi connectivity index (χ0v) is 10.2. The van der Waals surface area contributed by atoms with Crippen LogP contribution in [-0.2, 0) is 4.79 Å². The summed E-state index contributed by atoms with van der Waals surface area (Å²) in [6.07, 6.45) is 4.39. The molecule has 1 rings (SSSR count). The summed E-state index contributed by atoms with van der Waals surface area (Å²) >= 11 is 0. The highest BCUT2D eigenvalue weighted by molar-refractivity contribution is 5.80. The molecular formula is C12H24N2O. The van der Waals surface area contributed by atoms with Crippen LogP contribution in [0.4, 0.5) is 0 Å². The van der Waals surface area contributed by atoms with E-state index >= 15 is 0 Å². The Balaban J connectivity index is 2.06. The van der Waals surface area contributed by atoms with Crippen LogP contribution in [0.25, 0.3) is 0 Å². The standard InChI is InChI=1S/C12H24N2O/c1-3-6-12(15)11-13(2)9-10-14-7-4-5-8-14/h3-11H2,1-2H3. The van der Waals surface area contributed by atoms with Gasteiger partial charge in [0.15, 0.2) is 0 Å². The van der Waals surface area contributed by atoms with Gasteiger partial charge in [-0.1, -0.05) is 6.92 Å². The first kappa shape index (κ1) is 12.7. The predicted molar refractivity (Wildman–Crippen MR) is 63.1 cm³/mol. The van der Waals surface area contributed by atoms with Crippen molar-refractivity contribution in [2.24, 2.45) is 0 Å². The fourth-order valence-electron chi connectivity index (χ4n) is 2.06. The molecule has 1 fully saturated rings. The van der Waals surface area contributed by atoms with E-state index < -0.39 is 0 Å². The number of likely N-dealkylation sites (N-methyl/N-ethyl adjacent to an activating group) is 1. The minimum absolute atomic E-state index is 0.376. The highest BCUT2D eigenvalue weighted by atomic mass is 16.1. The van der Waals surface area contributed by atoms with E-state index in [1.807, 2.05) is 7.05 Å². The number of rotatable bonds is 7. The van der Waals surface area contributed by atoms with Crippen LogP contribution in [0.3, 0.4) is 0 Å². The summed E-state index contributed by atoms with van der Waals surface area (Å²) in [5.74, 6) is 0.376. The van der Waals surface area contributed by atoms with Crippen molar-refractivity contribution in [3.05, 3.63) is 0 Å². The van der Waals surface area contributed by atoms with Gasteiger partial charge in [-0.2, -0.15) is 0 Å². The van der Waals surface area contributed by atoms with E-state index in [1.165, 1.54) is 25.9 Å². The van der Waals surface area contributed by atoms with Gasteiger partial charge in [0.1, 0.15) is 5.78 Å². The maximum absolute atomic E-state index is 11.4. The third-order valence-electron chi connectivity index (χ3n) is 2.97. The van der Waals surface area contributed by atoms with Crippen LogP contribution in [-0.4, -0.2) is 55.4 Å². The lowest BCUT2D eigenvalue weighted by molar-refractivity contribution is -0.120. The molecule has 1 saturated heterocycles. The van der Waals surface area contributed by atoms with Crippen LogP contribution < -0.4 is 0 Å². The summed E-state index contributed by atoms with van der Waals surface area (Å²) in [7, 11) is 2.05. The van der Waals surface area contributed by atoms with Crippen molar-refractivity contribution in [2.45, 2.75) is 32.6 Å². The molecule has 1 aliphatic heterocycles. The summed E-state index contributed by atoms with van der Waals surface area (Å²) < 4.78 is 0. The van der Waals surface area contributed by atoms with Crippen molar-refractivity contribution in [3.63, 3.8) is 0 Å². The van der Waals surface area contributed by atoms with E-state index in [-0.39, 0.29) is 0 Å². The smallest absolute Gasteiger partial charge is 0.146 e. The van der Waals surface area contributed by atoms with E-state index in [4.69, 9.17) is 0 Å². The van der Waals surface area contributed by atoms with Crippen LogP contribution in [0.2, 0.25) is 0 Å². The van der Waals surface area contributed by atoms with Crippen LogP contribution in [0, 0.1) is 0 Å². The third-order valence-corrected chi connectivity index (χ3v) is 2.97. The van der Waals surface area contributed by atoms with Gasteiger partial charge in [0.05, 0.1) is 6.54 Å². The molecule has 0 amide bonds. The molecule has 3 nitrogen and oxygen atoms in total. The highest BCUT2D eigenvalue weighted by Crippen LogP contribution is 2.06. The van der Waals surface area contributed by atoms with Crippen molar-refractivity contribution >= 4 is 5.78 Å². The molecule has 0 N–H and O–H groups in total. The van der Waals surface area contributed by atoms with Gasteiger partial charge in [0.2, 0.25) is 0 Å². The average molecular weight is 212 g/mol. The van der Waals surface area contributed by atoms with Crippen LogP contribution in [0.15, 0.2) is 0 Å². The maximum Gasteiger partial charge on any atom is 0.146 e. The Labute approximate surface area is 93.4 Å². The molecule has 0 spiro atoms. The Morgan fingerprint density at radius 2 is 2.00 bits per heavy atom. The summed E-state index contributed by atoms with van der Waals surface area (Å²) in [6, 6.07) is 0. The molecule has 0 atom stereocenters. The molecule has 0 aromatic heterocycles. The van der Waals surface area contributed by atoms with Crippen molar-refractivity contribution < 1.29 is 4.79 Å². The summed E-state index contributed by atoms with van der Waals surface area (Å²) in [6.45, 7) is 7.32. The largest absolute Gasteiger partial charge is 0.302 e. The van der Waals surface area contributed by atoms with Crippen LogP contribution >= 0.6 is 0 Å². The second-order valence-corrected chi connectivity index (χ2v) is 4.58. The minimum atomic E-state index is 0.376. The molecule has 0 aromatic rings. The maximum atomic E-state index is 11.4. The molecule has 0 bridgehead atoms. The van der Waals surface area contributed by atoms with Crippen LogP contribution in [0.1, 0.15) is 32.6 Å². The Morgan fingerprint density at radius 3 is 2.60 bits per heavy atom. The van der Waals surface area contributed by atoms with Gasteiger partial charge >= 0.3 is 0 Å². The van der Waals surface area contributed by atoms with Gasteiger partial charge < -0.3 is 4.90 Å². The molecule has 1 aliphatic rings. The first-order valence-electron chi connectivity index (χ1n) is 6.15. The average Bonchev–Trinajstić information content (AvgIpc) is 2.67. The lowest BCUT2D eigenvalue weighted by Crippen LogP contribution is -2.34. The lowest BCUT2D eigenvalue weighted by atomic mass is 10.2. The van der Waals surface area contributed by atoms with Gasteiger partial charge in [-0.25, -0.2) is 0 Å². The number of carbonyl (C=O) groups is 1. The molecule has 0 aromatic carbocycles. The van der Waals surface area contributed by atoms with Gasteiger partial charge in [-0.05, 0) is 39.4 Å². The van der Waals surface area contributed by atoms with E-state index in [2.05, 4.69) is 16.7 Å². The number of hydrogen-bond acceptors (Lipinski definition) is 3. The monoisotopic (exact) mass is 212 g/mol. The SMILES string of the molecule is CCCC(=O)CN(C)CCN1CCCC1. The number of hydrogen-bond donors (Lipinski definition) is 0. The van der Waals surface area contributed by atoms with Crippen molar-refractivity contribution in [1.82, 2.24) is 9.80 Å². The molecule has 1 heterocycles. The van der Waals surface area contributed by atoms with Crippen molar-refractivity contribution in [1.29, 1.82) is 0 Å². The molecular weight excluding hydrogens is 188 g/mol. The predicted octanol–water partition coefficient (Wildman–Crippen LogP) is 1.38. The highest BCUT2D eigenvalue weighted by Gasteiger charge is 2.12. The summed E-state index contributed by atoms with van der Waals surface area (Å²) in [5, 5.41) is 0. The number of ketones is 1. The van der Waals surface area contributed by atoms with Crippen LogP contribution in [0.5, 0.6) is 0 Å². The molecule has 0 saturated carbocycles. The number of carbonyl (C=O) groups excluding carboxylic acids is 1. The zero-order chi connectivity index (χ0) is 11.1. The summed E-state index contributed by atoms with van der Waals surface area (Å²) in [5.41, 5.74) is 0. The second-order valence-electron chi connectivity index (χ2n) is 4.58. The van der Waals surface area contributed by atoms with Gasteiger partial charge in [-0.3, -0.25) is 9.69 Å². The fourth-order valence-corrected chi connectivity index (χ4v) is 2.06. The van der Waals surface area contributed by atoms with E-state index in [9.17, 15) is 4.79 Å². The minimum Gasteiger partial charge on any atom is -0.302 e. The normalized spacial score (nSPS) is 17.5. The van der Waals surface area contributed by atoms with Crippen molar-refractivity contribution in [2.75, 3.05) is 39.8 Å². The van der Waals surface area contributed by atoms with E-state index in [1.54, 1.807) is 0 Å². The van der Waals surface area contributed by atoms with Crippen molar-refractivity contribution in [3.8, 4) is 0 Å². The third kappa shape index (κ3) is 5.28. The number of nitrogens with zero attached hydrogens (tertiary/aromatic N) is 2. The molecule has 0 aliphatic carbocycles. The first-order valence-corrected chi connectivity index (χ1v) is 6.15. The molecule has 88 valence electrons. The zero-order valence-electron chi connectivity index (χ0n) is 10.2. The summed E-state index contributed by atoms with van der Waals surface area (Å²) in [4.78, 5) is 16.0. The Bertz CT molecular complexity index is 188. The Kier molecular flexibility index (Phi) is 5.88. The van der Waals surface area contributed by atoms with Gasteiger partial charge in [0, 0.05) is 19.5 Å². The van der Waals surface area contributed by atoms with Gasteiger partial charge in [-0.15, -0.1) is 0 Å². The molecule has 3 heteroatoms. The molecule has 0 radical (unpaired) electrons. The fraction of sp³-hybridized carbons (Fsp3) is 0.917. The second kappa shape index (κ2) is 6.96.